The van der Waals surface area contributed by atoms with Gasteiger partial charge in [0.15, 0.2) is 0 Å². The second kappa shape index (κ2) is 18.9. The lowest BCUT2D eigenvalue weighted by Crippen LogP contribution is -2.20. The van der Waals surface area contributed by atoms with Crippen molar-refractivity contribution < 1.29 is 14.6 Å². The Morgan fingerprint density at radius 1 is 0.689 bits per heavy atom. The molecule has 1 heterocycles. The largest absolute Gasteiger partial charge is 0.508 e. The number of hydrogen-bond acceptors (Lipinski definition) is 3. The van der Waals surface area contributed by atoms with Crippen LogP contribution in [0.25, 0.3) is 5.69 Å². The molecule has 5 rings (SSSR count). The van der Waals surface area contributed by atoms with Crippen LogP contribution >= 0.6 is 7.92 Å². The van der Waals surface area contributed by atoms with E-state index in [0.29, 0.717) is 12.2 Å². The number of ether oxygens (including phenoxy) is 1. The molecule has 0 aliphatic rings. The summed E-state index contributed by atoms with van der Waals surface area (Å²) in [7, 11) is -0.446. The molecule has 0 amide bonds. The number of rotatable bonds is 14. The average Bonchev–Trinajstić information content (AvgIpc) is 3.59. The maximum atomic E-state index is 12.1. The van der Waals surface area contributed by atoms with E-state index in [1.807, 2.05) is 6.07 Å². The molecule has 0 aliphatic heterocycles. The molecule has 230 valence electrons. The Kier molecular flexibility index (Phi) is 14.0. The minimum absolute atomic E-state index is 0.191. The Morgan fingerprint density at radius 3 is 1.76 bits per heavy atom. The summed E-state index contributed by atoms with van der Waals surface area (Å²) in [4.78, 5) is 12.1. The number of carbonyl (C=O) groups excluding carboxylic acids is 1. The normalized spacial score (nSPS) is 10.5. The maximum absolute atomic E-state index is 12.1. The van der Waals surface area contributed by atoms with Gasteiger partial charge in [-0.15, -0.1) is 12.3 Å². The number of unbranched alkanes of at least 4 members (excludes halogenated alkanes) is 7. The predicted molar refractivity (Wildman–Crippen MR) is 189 cm³/mol. The van der Waals surface area contributed by atoms with Gasteiger partial charge in [-0.25, -0.2) is 4.79 Å². The first-order chi connectivity index (χ1) is 22.2. The maximum Gasteiger partial charge on any atom is 0.339 e. The first-order valence-electron chi connectivity index (χ1n) is 15.7. The zero-order valence-electron chi connectivity index (χ0n) is 25.8. The summed E-state index contributed by atoms with van der Waals surface area (Å²) in [5, 5.41) is 13.7. The van der Waals surface area contributed by atoms with E-state index in [0.717, 1.165) is 31.4 Å². The molecule has 0 saturated heterocycles. The Hall–Kier alpha value is -4.58. The van der Waals surface area contributed by atoms with Crippen LogP contribution in [0.4, 0.5) is 0 Å². The Morgan fingerprint density at radius 2 is 1.22 bits per heavy atom. The van der Waals surface area contributed by atoms with Crippen LogP contribution in [-0.2, 0) is 4.74 Å². The molecule has 0 unspecified atom stereocenters. The van der Waals surface area contributed by atoms with Gasteiger partial charge in [0.05, 0.1) is 12.2 Å². The van der Waals surface area contributed by atoms with E-state index < -0.39 is 7.92 Å². The van der Waals surface area contributed by atoms with Crippen LogP contribution < -0.4 is 15.9 Å². The second-order valence-electron chi connectivity index (χ2n) is 10.7. The molecule has 1 N–H and O–H groups in total. The van der Waals surface area contributed by atoms with Gasteiger partial charge in [-0.1, -0.05) is 129 Å². The van der Waals surface area contributed by atoms with Crippen molar-refractivity contribution in [1.29, 1.82) is 0 Å². The number of phenolic OH excluding ortho intramolecular Hbond substituents is 1. The third kappa shape index (κ3) is 11.1. The summed E-state index contributed by atoms with van der Waals surface area (Å²) in [6, 6.07) is 40.9. The van der Waals surface area contributed by atoms with E-state index in [-0.39, 0.29) is 11.7 Å². The van der Waals surface area contributed by atoms with E-state index in [1.54, 1.807) is 41.2 Å². The molecule has 0 saturated carbocycles. The summed E-state index contributed by atoms with van der Waals surface area (Å²) in [6.07, 6.45) is 17.5. The van der Waals surface area contributed by atoms with Gasteiger partial charge in [0.1, 0.15) is 5.75 Å². The van der Waals surface area contributed by atoms with Crippen molar-refractivity contribution in [3.63, 3.8) is 0 Å². The molecule has 0 aliphatic carbocycles. The lowest BCUT2D eigenvalue weighted by molar-refractivity contribution is 0.0497. The van der Waals surface area contributed by atoms with Crippen molar-refractivity contribution in [2.75, 3.05) is 6.61 Å². The summed E-state index contributed by atoms with van der Waals surface area (Å²) in [5.74, 6) is 2.55. The fourth-order valence-electron chi connectivity index (χ4n) is 4.97. The number of carbonyl (C=O) groups is 1. The SMILES string of the molecule is C#CCCCCCCCCCOC(=O)c1ccn(-c2cccc(O)c2)c1.c1ccc(P(c2ccccc2)c2ccccc2)cc1. The van der Waals surface area contributed by atoms with Crippen LogP contribution in [0.5, 0.6) is 5.75 Å². The Bertz CT molecular complexity index is 1500. The third-order valence-electron chi connectivity index (χ3n) is 7.30. The molecule has 1 aromatic heterocycles. The number of benzene rings is 4. The second-order valence-corrected chi connectivity index (χ2v) is 13.0. The lowest BCUT2D eigenvalue weighted by Gasteiger charge is -2.18. The molecule has 0 fully saturated rings. The standard InChI is InChI=1S/C22H27NO3.C18H15P/c1-2-3-4-5-6-7-8-9-10-16-26-22(25)19-14-15-23(18-19)20-12-11-13-21(24)17-20;1-4-10-16(11-5-1)19(17-12-6-2-7-13-17)18-14-8-3-9-15-18/h1,11-15,17-18,24H,3-10,16H2;1-15H. The van der Waals surface area contributed by atoms with Crippen molar-refractivity contribution in [3.05, 3.63) is 139 Å². The first kappa shape index (κ1) is 33.3. The van der Waals surface area contributed by atoms with Crippen LogP contribution in [0.1, 0.15) is 61.7 Å². The number of terminal acetylenes is 1. The smallest absolute Gasteiger partial charge is 0.339 e. The van der Waals surface area contributed by atoms with Crippen LogP contribution in [-0.4, -0.2) is 22.2 Å². The Balaban J connectivity index is 0.000000214. The van der Waals surface area contributed by atoms with Crippen LogP contribution in [0.3, 0.4) is 0 Å². The highest BCUT2D eigenvalue weighted by Gasteiger charge is 2.15. The minimum Gasteiger partial charge on any atom is -0.508 e. The van der Waals surface area contributed by atoms with Crippen molar-refractivity contribution in [3.8, 4) is 23.8 Å². The molecular weight excluding hydrogens is 573 g/mol. The molecule has 0 bridgehead atoms. The topological polar surface area (TPSA) is 51.5 Å². The number of aromatic nitrogens is 1. The van der Waals surface area contributed by atoms with Crippen LogP contribution in [0, 0.1) is 12.3 Å². The van der Waals surface area contributed by atoms with Gasteiger partial charge in [0, 0.05) is 30.6 Å². The van der Waals surface area contributed by atoms with E-state index in [4.69, 9.17) is 11.2 Å². The fourth-order valence-corrected chi connectivity index (χ4v) is 7.28. The van der Waals surface area contributed by atoms with Crippen LogP contribution in [0.2, 0.25) is 0 Å². The summed E-state index contributed by atoms with van der Waals surface area (Å²) >= 11 is 0. The van der Waals surface area contributed by atoms with Gasteiger partial charge in [-0.3, -0.25) is 0 Å². The Labute approximate surface area is 269 Å². The van der Waals surface area contributed by atoms with Crippen molar-refractivity contribution in [2.45, 2.75) is 51.4 Å². The number of hydrogen-bond donors (Lipinski definition) is 1. The molecular formula is C40H42NO3P. The van der Waals surface area contributed by atoms with Crippen LogP contribution in [0.15, 0.2) is 134 Å². The molecule has 5 heteroatoms. The first-order valence-corrected chi connectivity index (χ1v) is 17.0. The summed E-state index contributed by atoms with van der Waals surface area (Å²) in [6.45, 7) is 0.452. The quantitative estimate of drug-likeness (QED) is 0.0590. The number of esters is 1. The monoisotopic (exact) mass is 615 g/mol. The van der Waals surface area contributed by atoms with Gasteiger partial charge in [-0.05, 0) is 54.9 Å². The van der Waals surface area contributed by atoms with Crippen molar-refractivity contribution >= 4 is 29.8 Å². The third-order valence-corrected chi connectivity index (χ3v) is 9.74. The van der Waals surface area contributed by atoms with E-state index in [2.05, 4.69) is 96.9 Å². The predicted octanol–water partition coefficient (Wildman–Crippen LogP) is 8.54. The molecule has 0 spiro atoms. The lowest BCUT2D eigenvalue weighted by atomic mass is 10.1. The highest BCUT2D eigenvalue weighted by molar-refractivity contribution is 7.79. The molecule has 0 atom stereocenters. The van der Waals surface area contributed by atoms with E-state index in [1.165, 1.54) is 41.6 Å². The highest BCUT2D eigenvalue weighted by atomic mass is 31.1. The zero-order valence-corrected chi connectivity index (χ0v) is 26.7. The molecule has 4 aromatic carbocycles. The van der Waals surface area contributed by atoms with Gasteiger partial charge in [0.25, 0.3) is 0 Å². The van der Waals surface area contributed by atoms with Gasteiger partial charge >= 0.3 is 5.97 Å². The van der Waals surface area contributed by atoms with Crippen molar-refractivity contribution in [2.24, 2.45) is 0 Å². The zero-order chi connectivity index (χ0) is 31.5. The number of phenols is 1. The fraction of sp³-hybridized carbons (Fsp3) is 0.225. The van der Waals surface area contributed by atoms with Gasteiger partial charge < -0.3 is 14.4 Å². The van der Waals surface area contributed by atoms with Gasteiger partial charge in [-0.2, -0.15) is 0 Å². The minimum atomic E-state index is -0.446. The highest BCUT2D eigenvalue weighted by Crippen LogP contribution is 2.32. The molecule has 5 aromatic rings. The average molecular weight is 616 g/mol. The molecule has 4 nitrogen and oxygen atoms in total. The number of nitrogens with zero attached hydrogens (tertiary/aromatic N) is 1. The molecule has 0 radical (unpaired) electrons. The van der Waals surface area contributed by atoms with Crippen molar-refractivity contribution in [1.82, 2.24) is 4.57 Å². The summed E-state index contributed by atoms with van der Waals surface area (Å²) in [5.41, 5.74) is 1.31. The molecule has 45 heavy (non-hydrogen) atoms. The summed E-state index contributed by atoms with van der Waals surface area (Å²) < 4.78 is 7.13. The van der Waals surface area contributed by atoms with Gasteiger partial charge in [0.2, 0.25) is 0 Å². The number of aromatic hydroxyl groups is 1. The van der Waals surface area contributed by atoms with E-state index >= 15 is 0 Å². The van der Waals surface area contributed by atoms with E-state index in [9.17, 15) is 9.90 Å².